The summed E-state index contributed by atoms with van der Waals surface area (Å²) >= 11 is 0. The van der Waals surface area contributed by atoms with Gasteiger partial charge >= 0.3 is 12.4 Å². The van der Waals surface area contributed by atoms with Crippen molar-refractivity contribution in [3.8, 4) is 0 Å². The molecule has 1 aromatic rings. The topological polar surface area (TPSA) is 38.0 Å². The third-order valence-corrected chi connectivity index (χ3v) is 2.02. The van der Waals surface area contributed by atoms with E-state index in [1.807, 2.05) is 0 Å². The summed E-state index contributed by atoms with van der Waals surface area (Å²) < 4.78 is 73.9. The number of hydrogen-bond donors (Lipinski definition) is 1. The summed E-state index contributed by atoms with van der Waals surface area (Å²) in [6.45, 7) is -0.878. The number of halogens is 6. The number of aliphatic hydroxyl groups excluding tert-OH is 1. The average molecular weight is 262 g/mol. The van der Waals surface area contributed by atoms with Crippen molar-refractivity contribution in [2.24, 2.45) is 5.92 Å². The van der Waals surface area contributed by atoms with Crippen LogP contribution in [-0.4, -0.2) is 33.3 Å². The van der Waals surface area contributed by atoms with Crippen LogP contribution in [0.2, 0.25) is 0 Å². The fourth-order valence-corrected chi connectivity index (χ4v) is 1.33. The van der Waals surface area contributed by atoms with Gasteiger partial charge in [0.25, 0.3) is 0 Å². The Bertz CT molecular complexity index is 330. The molecule has 0 saturated carbocycles. The third kappa shape index (κ3) is 3.62. The summed E-state index contributed by atoms with van der Waals surface area (Å²) in [5.74, 6) is -3.78. The lowest BCUT2D eigenvalue weighted by molar-refractivity contribution is -0.307. The Morgan fingerprint density at radius 2 is 1.65 bits per heavy atom. The monoisotopic (exact) mass is 262 g/mol. The fraction of sp³-hybridized carbons (Fsp3) is 0.625. The van der Waals surface area contributed by atoms with Crippen LogP contribution in [0.1, 0.15) is 0 Å². The number of aromatic nitrogens is 2. The summed E-state index contributed by atoms with van der Waals surface area (Å²) in [4.78, 5) is 0. The zero-order valence-electron chi connectivity index (χ0n) is 8.20. The summed E-state index contributed by atoms with van der Waals surface area (Å²) in [5, 5.41) is 12.5. The Morgan fingerprint density at radius 1 is 1.12 bits per heavy atom. The molecule has 1 N–H and O–H groups in total. The minimum absolute atomic E-state index is 0.801. The van der Waals surface area contributed by atoms with Crippen molar-refractivity contribution in [1.29, 1.82) is 0 Å². The molecular weight excluding hydrogens is 254 g/mol. The van der Waals surface area contributed by atoms with Gasteiger partial charge in [0, 0.05) is 12.4 Å². The first-order chi connectivity index (χ1) is 7.62. The van der Waals surface area contributed by atoms with Crippen LogP contribution < -0.4 is 0 Å². The number of alkyl halides is 6. The number of hydrogen-bond acceptors (Lipinski definition) is 2. The Morgan fingerprint density at radius 3 is 2.00 bits per heavy atom. The maximum Gasteiger partial charge on any atom is 0.403 e. The van der Waals surface area contributed by atoms with Crippen molar-refractivity contribution in [3.63, 3.8) is 0 Å². The van der Waals surface area contributed by atoms with Gasteiger partial charge in [0.1, 0.15) is 0 Å². The third-order valence-electron chi connectivity index (χ3n) is 2.02. The van der Waals surface area contributed by atoms with Crippen LogP contribution in [0.3, 0.4) is 0 Å². The summed E-state index contributed by atoms with van der Waals surface area (Å²) in [6.07, 6.45) is -11.4. The Balaban J connectivity index is 2.84. The lowest BCUT2D eigenvalue weighted by atomic mass is 10.0. The average Bonchev–Trinajstić information content (AvgIpc) is 2.49. The second-order valence-corrected chi connectivity index (χ2v) is 3.36. The SMILES string of the molecule is OC(Cn1cccn1)C(C(F)(F)F)C(F)(F)F. The molecule has 0 amide bonds. The molecule has 1 atom stereocenters. The van der Waals surface area contributed by atoms with Crippen molar-refractivity contribution in [1.82, 2.24) is 9.78 Å². The smallest absolute Gasteiger partial charge is 0.390 e. The standard InChI is InChI=1S/C8H8F6N2O/c9-7(10,11)6(8(12,13)14)5(17)4-16-3-1-2-15-16/h1-3,5-6,17H,4H2. The second-order valence-electron chi connectivity index (χ2n) is 3.36. The number of rotatable bonds is 3. The lowest BCUT2D eigenvalue weighted by Gasteiger charge is -2.27. The molecule has 17 heavy (non-hydrogen) atoms. The van der Waals surface area contributed by atoms with Crippen molar-refractivity contribution in [3.05, 3.63) is 18.5 Å². The van der Waals surface area contributed by atoms with Gasteiger partial charge in [-0.1, -0.05) is 0 Å². The lowest BCUT2D eigenvalue weighted by Crippen LogP contribution is -2.46. The molecule has 98 valence electrons. The largest absolute Gasteiger partial charge is 0.403 e. The summed E-state index contributed by atoms with van der Waals surface area (Å²) in [6, 6.07) is 1.32. The summed E-state index contributed by atoms with van der Waals surface area (Å²) in [7, 11) is 0. The molecular formula is C8H8F6N2O. The molecule has 0 saturated heterocycles. The highest BCUT2D eigenvalue weighted by Crippen LogP contribution is 2.41. The van der Waals surface area contributed by atoms with Gasteiger partial charge in [0.05, 0.1) is 12.6 Å². The molecule has 1 aromatic heterocycles. The molecule has 0 aromatic carbocycles. The molecule has 0 spiro atoms. The van der Waals surface area contributed by atoms with Gasteiger partial charge in [0.2, 0.25) is 0 Å². The first-order valence-corrected chi connectivity index (χ1v) is 4.41. The van der Waals surface area contributed by atoms with Crippen LogP contribution in [0.25, 0.3) is 0 Å². The van der Waals surface area contributed by atoms with Crippen LogP contribution in [0, 0.1) is 5.92 Å². The van der Waals surface area contributed by atoms with Gasteiger partial charge in [-0.3, -0.25) is 4.68 Å². The molecule has 3 nitrogen and oxygen atoms in total. The highest BCUT2D eigenvalue weighted by atomic mass is 19.4. The highest BCUT2D eigenvalue weighted by molar-refractivity contribution is 4.84. The zero-order chi connectivity index (χ0) is 13.3. The van der Waals surface area contributed by atoms with Crippen molar-refractivity contribution >= 4 is 0 Å². The molecule has 1 unspecified atom stereocenters. The Labute approximate surface area is 91.7 Å². The highest BCUT2D eigenvalue weighted by Gasteiger charge is 2.60. The van der Waals surface area contributed by atoms with E-state index in [0.717, 1.165) is 10.9 Å². The van der Waals surface area contributed by atoms with Crippen LogP contribution in [0.4, 0.5) is 26.3 Å². The van der Waals surface area contributed by atoms with E-state index in [-0.39, 0.29) is 0 Å². The maximum absolute atomic E-state index is 12.2. The number of aliphatic hydroxyl groups is 1. The molecule has 0 fully saturated rings. The van der Waals surface area contributed by atoms with Gasteiger partial charge in [-0.05, 0) is 6.07 Å². The fourth-order valence-electron chi connectivity index (χ4n) is 1.33. The van der Waals surface area contributed by atoms with Crippen LogP contribution >= 0.6 is 0 Å². The van der Waals surface area contributed by atoms with E-state index < -0.39 is 30.9 Å². The van der Waals surface area contributed by atoms with Crippen molar-refractivity contribution in [2.75, 3.05) is 0 Å². The van der Waals surface area contributed by atoms with E-state index in [1.54, 1.807) is 0 Å². The second kappa shape index (κ2) is 4.55. The normalized spacial score (nSPS) is 15.3. The Kier molecular flexibility index (Phi) is 3.70. The van der Waals surface area contributed by atoms with Gasteiger partial charge in [-0.25, -0.2) is 0 Å². The van der Waals surface area contributed by atoms with Gasteiger partial charge < -0.3 is 5.11 Å². The quantitative estimate of drug-likeness (QED) is 0.846. The molecule has 0 aliphatic carbocycles. The first-order valence-electron chi connectivity index (χ1n) is 4.41. The minimum Gasteiger partial charge on any atom is -0.390 e. The predicted octanol–water partition coefficient (Wildman–Crippen LogP) is 1.98. The van der Waals surface area contributed by atoms with Gasteiger partial charge in [0.15, 0.2) is 5.92 Å². The van der Waals surface area contributed by atoms with Crippen molar-refractivity contribution in [2.45, 2.75) is 25.0 Å². The van der Waals surface area contributed by atoms with Gasteiger partial charge in [-0.15, -0.1) is 0 Å². The van der Waals surface area contributed by atoms with E-state index in [9.17, 15) is 26.3 Å². The van der Waals surface area contributed by atoms with E-state index >= 15 is 0 Å². The minimum atomic E-state index is -5.55. The van der Waals surface area contributed by atoms with E-state index in [0.29, 0.717) is 0 Å². The van der Waals surface area contributed by atoms with Crippen LogP contribution in [0.15, 0.2) is 18.5 Å². The van der Waals surface area contributed by atoms with Crippen molar-refractivity contribution < 1.29 is 31.4 Å². The van der Waals surface area contributed by atoms with E-state index in [1.165, 1.54) is 12.3 Å². The maximum atomic E-state index is 12.2. The Hall–Kier alpha value is -1.25. The number of nitrogens with zero attached hydrogens (tertiary/aromatic N) is 2. The summed E-state index contributed by atoms with van der Waals surface area (Å²) in [5.41, 5.74) is 0. The van der Waals surface area contributed by atoms with Gasteiger partial charge in [-0.2, -0.15) is 31.4 Å². The van der Waals surface area contributed by atoms with Crippen LogP contribution in [-0.2, 0) is 6.54 Å². The molecule has 0 bridgehead atoms. The molecule has 1 heterocycles. The van der Waals surface area contributed by atoms with E-state index in [2.05, 4.69) is 5.10 Å². The molecule has 0 aliphatic rings. The molecule has 9 heteroatoms. The predicted molar refractivity (Wildman–Crippen MR) is 43.8 cm³/mol. The van der Waals surface area contributed by atoms with E-state index in [4.69, 9.17) is 5.11 Å². The van der Waals surface area contributed by atoms with Crippen LogP contribution in [0.5, 0.6) is 0 Å². The zero-order valence-corrected chi connectivity index (χ0v) is 8.20. The first kappa shape index (κ1) is 13.8. The molecule has 0 aliphatic heterocycles. The molecule has 1 rings (SSSR count). The molecule has 0 radical (unpaired) electrons.